The second-order valence-corrected chi connectivity index (χ2v) is 9.48. The number of fused-ring (bicyclic) bond motifs is 1. The molecule has 5 rings (SSSR count). The van der Waals surface area contributed by atoms with Crippen LogP contribution in [0.25, 0.3) is 5.57 Å². The summed E-state index contributed by atoms with van der Waals surface area (Å²) in [6.45, 7) is 3.74. The van der Waals surface area contributed by atoms with Crippen LogP contribution in [-0.2, 0) is 17.6 Å². The third-order valence-electron chi connectivity index (χ3n) is 6.62. The van der Waals surface area contributed by atoms with E-state index >= 15 is 0 Å². The lowest BCUT2D eigenvalue weighted by Crippen LogP contribution is -2.35. The van der Waals surface area contributed by atoms with E-state index in [2.05, 4.69) is 64.6 Å². The molecule has 2 aromatic rings. The van der Waals surface area contributed by atoms with Crippen LogP contribution in [0, 0.1) is 5.92 Å². The van der Waals surface area contributed by atoms with E-state index in [0.29, 0.717) is 17.9 Å². The predicted molar refractivity (Wildman–Crippen MR) is 124 cm³/mol. The fraction of sp³-hybridized carbons (Fsp3) is 0.440. The number of amides is 1. The lowest BCUT2D eigenvalue weighted by Gasteiger charge is -2.27. The average molecular weight is 466 g/mol. The van der Waals surface area contributed by atoms with E-state index in [1.54, 1.807) is 0 Å². The fourth-order valence-electron chi connectivity index (χ4n) is 4.80. The highest BCUT2D eigenvalue weighted by Gasteiger charge is 2.34. The number of rotatable bonds is 5. The van der Waals surface area contributed by atoms with Gasteiger partial charge in [-0.25, -0.2) is 4.98 Å². The quantitative estimate of drug-likeness (QED) is 0.630. The van der Waals surface area contributed by atoms with Gasteiger partial charge in [-0.2, -0.15) is 0 Å². The summed E-state index contributed by atoms with van der Waals surface area (Å²) in [5, 5.41) is 3.67. The summed E-state index contributed by atoms with van der Waals surface area (Å²) in [5.41, 5.74) is 6.51. The molecule has 4 nitrogen and oxygen atoms in total. The minimum Gasteiger partial charge on any atom is -0.363 e. The normalized spacial score (nSPS) is 20.7. The summed E-state index contributed by atoms with van der Waals surface area (Å²) in [7, 11) is 0. The molecule has 2 aliphatic carbocycles. The van der Waals surface area contributed by atoms with Crippen molar-refractivity contribution in [1.82, 2.24) is 9.88 Å². The van der Waals surface area contributed by atoms with Gasteiger partial charge in [0.15, 0.2) is 0 Å². The van der Waals surface area contributed by atoms with Crippen LogP contribution in [0.1, 0.15) is 61.0 Å². The van der Waals surface area contributed by atoms with Crippen molar-refractivity contribution >= 4 is 33.2 Å². The molecule has 2 heterocycles. The van der Waals surface area contributed by atoms with Gasteiger partial charge in [-0.3, -0.25) is 4.79 Å². The molecule has 156 valence electrons. The lowest BCUT2D eigenvalue weighted by molar-refractivity contribution is -0.132. The first-order chi connectivity index (χ1) is 14.6. The van der Waals surface area contributed by atoms with Gasteiger partial charge in [0.05, 0.1) is 11.7 Å². The summed E-state index contributed by atoms with van der Waals surface area (Å²) < 4.78 is 1.18. The number of benzene rings is 1. The number of carbonyl (C=O) groups is 1. The van der Waals surface area contributed by atoms with Crippen LogP contribution in [-0.4, -0.2) is 28.9 Å². The summed E-state index contributed by atoms with van der Waals surface area (Å²) >= 11 is 3.72. The van der Waals surface area contributed by atoms with Gasteiger partial charge in [0.25, 0.3) is 0 Å². The number of aryl methyl sites for hydroxylation is 2. The molecule has 0 spiro atoms. The monoisotopic (exact) mass is 465 g/mol. The second kappa shape index (κ2) is 8.18. The molecule has 1 unspecified atom stereocenters. The standard InChI is InChI=1S/C25H28BrN3O/c1-2-21-19(16-12-14-29(15-13-16)25(30)18-6-7-18)9-11-23(27-21)28-22-10-8-17-4-3-5-20(26)24(17)22/h3-5,9,11-12,18,22H,2,6-8,10,13-15H2,1H3,(H,27,28). The Morgan fingerprint density at radius 1 is 1.20 bits per heavy atom. The summed E-state index contributed by atoms with van der Waals surface area (Å²) in [5.74, 6) is 1.60. The number of pyridine rings is 1. The van der Waals surface area contributed by atoms with E-state index in [9.17, 15) is 4.79 Å². The molecule has 1 N–H and O–H groups in total. The summed E-state index contributed by atoms with van der Waals surface area (Å²) in [6.07, 6.45) is 8.41. The number of aromatic nitrogens is 1. The van der Waals surface area contributed by atoms with Crippen LogP contribution >= 0.6 is 15.9 Å². The molecule has 1 aromatic heterocycles. The molecule has 1 aromatic carbocycles. The Morgan fingerprint density at radius 3 is 2.80 bits per heavy atom. The Balaban J connectivity index is 1.33. The number of carbonyl (C=O) groups excluding carboxylic acids is 1. The van der Waals surface area contributed by atoms with Gasteiger partial charge in [-0.05, 0) is 79.0 Å². The number of nitrogens with zero attached hydrogens (tertiary/aromatic N) is 2. The molecule has 3 aliphatic rings. The lowest BCUT2D eigenvalue weighted by atomic mass is 9.96. The van der Waals surface area contributed by atoms with E-state index in [1.807, 2.05) is 4.90 Å². The zero-order chi connectivity index (χ0) is 20.7. The Labute approximate surface area is 186 Å². The predicted octanol–water partition coefficient (Wildman–Crippen LogP) is 5.53. The van der Waals surface area contributed by atoms with Crippen LogP contribution in [0.4, 0.5) is 5.82 Å². The minimum absolute atomic E-state index is 0.300. The Hall–Kier alpha value is -2.14. The fourth-order valence-corrected chi connectivity index (χ4v) is 5.49. The highest BCUT2D eigenvalue weighted by Crippen LogP contribution is 2.39. The molecule has 1 fully saturated rings. The SMILES string of the molecule is CCc1nc(NC2CCc3cccc(Br)c32)ccc1C1=CCN(C(=O)C2CC2)CC1. The largest absolute Gasteiger partial charge is 0.363 e. The molecule has 0 saturated heterocycles. The number of halogens is 1. The maximum atomic E-state index is 12.3. The smallest absolute Gasteiger partial charge is 0.225 e. The van der Waals surface area contributed by atoms with Crippen molar-refractivity contribution in [1.29, 1.82) is 0 Å². The Kier molecular flexibility index (Phi) is 5.40. The minimum atomic E-state index is 0.300. The summed E-state index contributed by atoms with van der Waals surface area (Å²) in [6, 6.07) is 11.1. The molecule has 0 bridgehead atoms. The molecule has 1 saturated carbocycles. The average Bonchev–Trinajstić information content (AvgIpc) is 3.55. The summed E-state index contributed by atoms with van der Waals surface area (Å²) in [4.78, 5) is 19.3. The van der Waals surface area contributed by atoms with Gasteiger partial charge in [0, 0.05) is 23.5 Å². The van der Waals surface area contributed by atoms with E-state index in [1.165, 1.54) is 26.7 Å². The van der Waals surface area contributed by atoms with Crippen LogP contribution < -0.4 is 5.32 Å². The van der Waals surface area contributed by atoms with Crippen molar-refractivity contribution in [3.05, 3.63) is 63.3 Å². The van der Waals surface area contributed by atoms with Crippen molar-refractivity contribution < 1.29 is 4.79 Å². The maximum absolute atomic E-state index is 12.3. The van der Waals surface area contributed by atoms with Crippen LogP contribution in [0.2, 0.25) is 0 Å². The van der Waals surface area contributed by atoms with Crippen LogP contribution in [0.15, 0.2) is 40.9 Å². The molecule has 1 amide bonds. The molecule has 5 heteroatoms. The zero-order valence-electron chi connectivity index (χ0n) is 17.5. The molecule has 30 heavy (non-hydrogen) atoms. The molecule has 1 atom stereocenters. The van der Waals surface area contributed by atoms with E-state index in [4.69, 9.17) is 4.98 Å². The topological polar surface area (TPSA) is 45.2 Å². The van der Waals surface area contributed by atoms with Gasteiger partial charge in [-0.15, -0.1) is 0 Å². The van der Waals surface area contributed by atoms with Gasteiger partial charge >= 0.3 is 0 Å². The maximum Gasteiger partial charge on any atom is 0.225 e. The van der Waals surface area contributed by atoms with Crippen molar-refractivity contribution in [3.8, 4) is 0 Å². The number of hydrogen-bond donors (Lipinski definition) is 1. The van der Waals surface area contributed by atoms with Gasteiger partial charge in [-0.1, -0.05) is 41.1 Å². The van der Waals surface area contributed by atoms with E-state index < -0.39 is 0 Å². The third kappa shape index (κ3) is 3.80. The molecule has 1 aliphatic heterocycles. The van der Waals surface area contributed by atoms with Gasteiger partial charge in [0.1, 0.15) is 5.82 Å². The van der Waals surface area contributed by atoms with Crippen molar-refractivity contribution in [3.63, 3.8) is 0 Å². The highest BCUT2D eigenvalue weighted by molar-refractivity contribution is 9.10. The van der Waals surface area contributed by atoms with Crippen LogP contribution in [0.5, 0.6) is 0 Å². The first kappa shape index (κ1) is 19.8. The molecular formula is C25H28BrN3O. The van der Waals surface area contributed by atoms with Gasteiger partial charge in [0.2, 0.25) is 5.91 Å². The zero-order valence-corrected chi connectivity index (χ0v) is 19.0. The number of anilines is 1. The number of nitrogens with one attached hydrogen (secondary N) is 1. The third-order valence-corrected chi connectivity index (χ3v) is 7.31. The Bertz CT molecular complexity index is 1010. The first-order valence-electron chi connectivity index (χ1n) is 11.2. The molecule has 0 radical (unpaired) electrons. The molecular weight excluding hydrogens is 438 g/mol. The first-order valence-corrected chi connectivity index (χ1v) is 11.9. The van der Waals surface area contributed by atoms with E-state index in [-0.39, 0.29) is 0 Å². The van der Waals surface area contributed by atoms with E-state index in [0.717, 1.165) is 63.1 Å². The number of hydrogen-bond acceptors (Lipinski definition) is 3. The highest BCUT2D eigenvalue weighted by atomic mass is 79.9. The van der Waals surface area contributed by atoms with Crippen LogP contribution in [0.3, 0.4) is 0 Å². The van der Waals surface area contributed by atoms with Crippen molar-refractivity contribution in [2.75, 3.05) is 18.4 Å². The van der Waals surface area contributed by atoms with Crippen molar-refractivity contribution in [2.24, 2.45) is 5.92 Å². The Morgan fingerprint density at radius 2 is 2.07 bits per heavy atom. The van der Waals surface area contributed by atoms with Gasteiger partial charge < -0.3 is 10.2 Å². The van der Waals surface area contributed by atoms with Crippen molar-refractivity contribution in [2.45, 2.75) is 51.5 Å². The second-order valence-electron chi connectivity index (χ2n) is 8.63.